The first kappa shape index (κ1) is 16.4. The lowest BCUT2D eigenvalue weighted by atomic mass is 10.0. The molecule has 3 rings (SSSR count). The standard InChI is InChI=1S/C19H21FN2O2/c20-16-3-1-5-18(13-16)24-14-19(23)22-12-2-4-17(22)7-6-15-8-10-21-11-9-15/h1,3,5,8-11,13,17H,2,4,6-7,12,14H2. The molecule has 2 aromatic rings. The summed E-state index contributed by atoms with van der Waals surface area (Å²) >= 11 is 0. The smallest absolute Gasteiger partial charge is 0.260 e. The van der Waals surface area contributed by atoms with Gasteiger partial charge in [0.1, 0.15) is 11.6 Å². The summed E-state index contributed by atoms with van der Waals surface area (Å²) in [5.74, 6) is -0.0104. The van der Waals surface area contributed by atoms with Gasteiger partial charge in [-0.15, -0.1) is 0 Å². The maximum atomic E-state index is 13.1. The second kappa shape index (κ2) is 7.90. The molecule has 0 N–H and O–H groups in total. The summed E-state index contributed by atoms with van der Waals surface area (Å²) in [6, 6.07) is 10.1. The zero-order valence-electron chi connectivity index (χ0n) is 13.5. The minimum atomic E-state index is -0.364. The average Bonchev–Trinajstić information content (AvgIpc) is 3.07. The van der Waals surface area contributed by atoms with Gasteiger partial charge >= 0.3 is 0 Å². The largest absolute Gasteiger partial charge is 0.484 e. The van der Waals surface area contributed by atoms with Crippen LogP contribution in [0.15, 0.2) is 48.8 Å². The number of hydrogen-bond donors (Lipinski definition) is 0. The van der Waals surface area contributed by atoms with E-state index < -0.39 is 0 Å². The molecule has 5 heteroatoms. The van der Waals surface area contributed by atoms with E-state index >= 15 is 0 Å². The third-order valence-corrected chi connectivity index (χ3v) is 4.37. The van der Waals surface area contributed by atoms with Crippen molar-refractivity contribution in [1.29, 1.82) is 0 Å². The molecule has 1 saturated heterocycles. The summed E-state index contributed by atoms with van der Waals surface area (Å²) in [5, 5.41) is 0. The first-order valence-corrected chi connectivity index (χ1v) is 8.29. The van der Waals surface area contributed by atoms with Crippen LogP contribution in [0.4, 0.5) is 4.39 Å². The number of aryl methyl sites for hydroxylation is 1. The number of likely N-dealkylation sites (tertiary alicyclic amines) is 1. The van der Waals surface area contributed by atoms with Crippen LogP contribution in [0.5, 0.6) is 5.75 Å². The summed E-state index contributed by atoms with van der Waals surface area (Å²) < 4.78 is 18.6. The molecule has 1 fully saturated rings. The number of halogens is 1. The molecule has 1 aliphatic heterocycles. The highest BCUT2D eigenvalue weighted by atomic mass is 19.1. The Labute approximate surface area is 141 Å². The molecule has 0 bridgehead atoms. The summed E-state index contributed by atoms with van der Waals surface area (Å²) in [6.45, 7) is 0.724. The van der Waals surface area contributed by atoms with E-state index in [0.29, 0.717) is 5.75 Å². The van der Waals surface area contributed by atoms with Gasteiger partial charge in [0.15, 0.2) is 6.61 Å². The molecule has 4 nitrogen and oxygen atoms in total. The van der Waals surface area contributed by atoms with Gasteiger partial charge in [-0.1, -0.05) is 6.07 Å². The molecule has 0 aliphatic carbocycles. The molecule has 0 radical (unpaired) electrons. The predicted octanol–water partition coefficient (Wildman–Crippen LogP) is 3.22. The van der Waals surface area contributed by atoms with Gasteiger partial charge in [-0.2, -0.15) is 0 Å². The maximum Gasteiger partial charge on any atom is 0.260 e. The molecule has 1 aliphatic rings. The Morgan fingerprint density at radius 1 is 1.29 bits per heavy atom. The third-order valence-electron chi connectivity index (χ3n) is 4.37. The van der Waals surface area contributed by atoms with Crippen molar-refractivity contribution in [2.45, 2.75) is 31.7 Å². The SMILES string of the molecule is O=C(COc1cccc(F)c1)N1CCCC1CCc1ccncc1. The molecule has 1 atom stereocenters. The fourth-order valence-electron chi connectivity index (χ4n) is 3.13. The maximum absolute atomic E-state index is 13.1. The van der Waals surface area contributed by atoms with E-state index in [2.05, 4.69) is 4.98 Å². The monoisotopic (exact) mass is 328 g/mol. The van der Waals surface area contributed by atoms with Crippen LogP contribution in [0, 0.1) is 5.82 Å². The zero-order valence-corrected chi connectivity index (χ0v) is 13.5. The van der Waals surface area contributed by atoms with Crippen LogP contribution in [0.1, 0.15) is 24.8 Å². The average molecular weight is 328 g/mol. The first-order valence-electron chi connectivity index (χ1n) is 8.29. The molecule has 1 aromatic heterocycles. The van der Waals surface area contributed by atoms with Gasteiger partial charge in [0.25, 0.3) is 5.91 Å². The highest BCUT2D eigenvalue weighted by molar-refractivity contribution is 5.78. The predicted molar refractivity (Wildman–Crippen MR) is 89.2 cm³/mol. The van der Waals surface area contributed by atoms with Gasteiger partial charge < -0.3 is 9.64 Å². The van der Waals surface area contributed by atoms with Crippen LogP contribution in [0.25, 0.3) is 0 Å². The number of carbonyl (C=O) groups excluding carboxylic acids is 1. The van der Waals surface area contributed by atoms with E-state index in [-0.39, 0.29) is 24.4 Å². The van der Waals surface area contributed by atoms with Crippen molar-refractivity contribution in [2.24, 2.45) is 0 Å². The van der Waals surface area contributed by atoms with Crippen molar-refractivity contribution in [3.05, 3.63) is 60.2 Å². The molecule has 1 amide bonds. The molecule has 1 unspecified atom stereocenters. The van der Waals surface area contributed by atoms with Crippen LogP contribution in [-0.4, -0.2) is 35.0 Å². The Hall–Kier alpha value is -2.43. The van der Waals surface area contributed by atoms with E-state index in [4.69, 9.17) is 4.74 Å². The normalized spacial score (nSPS) is 17.0. The summed E-state index contributed by atoms with van der Waals surface area (Å²) in [6.07, 6.45) is 7.50. The van der Waals surface area contributed by atoms with Gasteiger partial charge in [-0.3, -0.25) is 9.78 Å². The molecule has 0 spiro atoms. The molecule has 24 heavy (non-hydrogen) atoms. The molecule has 2 heterocycles. The Kier molecular flexibility index (Phi) is 5.41. The van der Waals surface area contributed by atoms with Crippen molar-refractivity contribution >= 4 is 5.91 Å². The minimum absolute atomic E-state index is 0.0310. The van der Waals surface area contributed by atoms with Crippen molar-refractivity contribution in [2.75, 3.05) is 13.2 Å². The van der Waals surface area contributed by atoms with Gasteiger partial charge in [0.05, 0.1) is 0 Å². The van der Waals surface area contributed by atoms with Gasteiger partial charge in [0.2, 0.25) is 0 Å². The molecule has 0 saturated carbocycles. The Bertz CT molecular complexity index is 678. The number of ether oxygens (including phenoxy) is 1. The Morgan fingerprint density at radius 3 is 2.92 bits per heavy atom. The number of nitrogens with zero attached hydrogens (tertiary/aromatic N) is 2. The van der Waals surface area contributed by atoms with Gasteiger partial charge in [-0.25, -0.2) is 4.39 Å². The van der Waals surface area contributed by atoms with Crippen molar-refractivity contribution < 1.29 is 13.9 Å². The number of carbonyl (C=O) groups is 1. The van der Waals surface area contributed by atoms with E-state index in [0.717, 1.165) is 32.2 Å². The number of amides is 1. The minimum Gasteiger partial charge on any atom is -0.484 e. The highest BCUT2D eigenvalue weighted by Gasteiger charge is 2.28. The zero-order chi connectivity index (χ0) is 16.8. The van der Waals surface area contributed by atoms with Crippen LogP contribution < -0.4 is 4.74 Å². The molecular formula is C19H21FN2O2. The van der Waals surface area contributed by atoms with Crippen molar-refractivity contribution in [3.63, 3.8) is 0 Å². The lowest BCUT2D eigenvalue weighted by Crippen LogP contribution is -2.38. The lowest BCUT2D eigenvalue weighted by Gasteiger charge is -2.25. The Morgan fingerprint density at radius 2 is 2.12 bits per heavy atom. The van der Waals surface area contributed by atoms with Crippen LogP contribution in [0.2, 0.25) is 0 Å². The number of aromatic nitrogens is 1. The molecule has 1 aromatic carbocycles. The van der Waals surface area contributed by atoms with Crippen LogP contribution >= 0.6 is 0 Å². The number of rotatable bonds is 6. The molecule has 126 valence electrons. The summed E-state index contributed by atoms with van der Waals surface area (Å²) in [5.41, 5.74) is 1.24. The van der Waals surface area contributed by atoms with Crippen LogP contribution in [0.3, 0.4) is 0 Å². The molecular weight excluding hydrogens is 307 g/mol. The van der Waals surface area contributed by atoms with E-state index in [1.165, 1.54) is 17.7 Å². The topological polar surface area (TPSA) is 42.4 Å². The summed E-state index contributed by atoms with van der Waals surface area (Å²) in [7, 11) is 0. The Balaban J connectivity index is 1.51. The number of hydrogen-bond acceptors (Lipinski definition) is 3. The fourth-order valence-corrected chi connectivity index (χ4v) is 3.13. The van der Waals surface area contributed by atoms with E-state index in [9.17, 15) is 9.18 Å². The van der Waals surface area contributed by atoms with E-state index in [1.807, 2.05) is 17.0 Å². The van der Waals surface area contributed by atoms with Crippen molar-refractivity contribution in [1.82, 2.24) is 9.88 Å². The third kappa shape index (κ3) is 4.31. The van der Waals surface area contributed by atoms with Crippen molar-refractivity contribution in [3.8, 4) is 5.75 Å². The second-order valence-electron chi connectivity index (χ2n) is 6.02. The number of benzene rings is 1. The highest BCUT2D eigenvalue weighted by Crippen LogP contribution is 2.22. The fraction of sp³-hybridized carbons (Fsp3) is 0.368. The van der Waals surface area contributed by atoms with E-state index in [1.54, 1.807) is 24.5 Å². The quantitative estimate of drug-likeness (QED) is 0.818. The number of pyridine rings is 1. The summed E-state index contributed by atoms with van der Waals surface area (Å²) in [4.78, 5) is 18.3. The van der Waals surface area contributed by atoms with Gasteiger partial charge in [0, 0.05) is 31.0 Å². The first-order chi connectivity index (χ1) is 11.7. The second-order valence-corrected chi connectivity index (χ2v) is 6.02. The van der Waals surface area contributed by atoms with Crippen LogP contribution in [-0.2, 0) is 11.2 Å². The van der Waals surface area contributed by atoms with Gasteiger partial charge in [-0.05, 0) is 55.5 Å². The lowest BCUT2D eigenvalue weighted by molar-refractivity contribution is -0.134.